The molecule has 3 rings (SSSR count). The third-order valence-electron chi connectivity index (χ3n) is 5.16. The number of piperidine rings is 1. The first-order valence-electron chi connectivity index (χ1n) is 8.85. The minimum atomic E-state index is -0.628. The third-order valence-corrected chi connectivity index (χ3v) is 5.80. The van der Waals surface area contributed by atoms with E-state index in [4.69, 9.17) is 4.74 Å². The van der Waals surface area contributed by atoms with Crippen molar-refractivity contribution in [2.24, 2.45) is 5.92 Å². The quantitative estimate of drug-likeness (QED) is 0.780. The lowest BCUT2D eigenvalue weighted by Gasteiger charge is -2.42. The van der Waals surface area contributed by atoms with Crippen LogP contribution in [0, 0.1) is 5.92 Å². The maximum atomic E-state index is 12.7. The second-order valence-electron chi connectivity index (χ2n) is 6.91. The minimum Gasteiger partial charge on any atom is -0.467 e. The summed E-state index contributed by atoms with van der Waals surface area (Å²) in [5.41, 5.74) is 1.02. The van der Waals surface area contributed by atoms with E-state index in [1.54, 1.807) is 28.8 Å². The Balaban J connectivity index is 1.70. The van der Waals surface area contributed by atoms with Crippen molar-refractivity contribution in [2.45, 2.75) is 31.3 Å². The van der Waals surface area contributed by atoms with Gasteiger partial charge in [-0.25, -0.2) is 9.59 Å². The molecule has 26 heavy (non-hydrogen) atoms. The number of hydrogen-bond donors (Lipinski definition) is 1. The Morgan fingerprint density at radius 2 is 2.15 bits per heavy atom. The summed E-state index contributed by atoms with van der Waals surface area (Å²) in [6, 6.07) is 4.48. The molecule has 2 bridgehead atoms. The summed E-state index contributed by atoms with van der Waals surface area (Å²) in [5, 5.41) is 2.83. The van der Waals surface area contributed by atoms with Gasteiger partial charge in [0.1, 0.15) is 6.04 Å². The van der Waals surface area contributed by atoms with Crippen LogP contribution in [0.4, 0.5) is 4.79 Å². The van der Waals surface area contributed by atoms with Crippen LogP contribution in [0.3, 0.4) is 0 Å². The fourth-order valence-corrected chi connectivity index (χ4v) is 4.40. The smallest absolute Gasteiger partial charge is 0.328 e. The Morgan fingerprint density at radius 1 is 1.35 bits per heavy atom. The van der Waals surface area contributed by atoms with E-state index in [9.17, 15) is 14.4 Å². The lowest BCUT2D eigenvalue weighted by molar-refractivity contribution is -0.142. The van der Waals surface area contributed by atoms with Crippen molar-refractivity contribution >= 4 is 23.8 Å². The number of likely N-dealkylation sites (tertiary alicyclic amines) is 1. The van der Waals surface area contributed by atoms with E-state index < -0.39 is 12.0 Å². The number of amides is 2. The number of nitrogens with zero attached hydrogens (tertiary/aromatic N) is 2. The van der Waals surface area contributed by atoms with Crippen LogP contribution >= 0.6 is 11.8 Å². The van der Waals surface area contributed by atoms with Gasteiger partial charge in [0.2, 0.25) is 0 Å². The summed E-state index contributed by atoms with van der Waals surface area (Å²) in [4.78, 5) is 38.5. The Morgan fingerprint density at radius 3 is 2.88 bits per heavy atom. The summed E-state index contributed by atoms with van der Waals surface area (Å²) in [6.07, 6.45) is 3.49. The molecule has 0 aromatic carbocycles. The van der Waals surface area contributed by atoms with Gasteiger partial charge in [-0.15, -0.1) is 0 Å². The average molecular weight is 379 g/mol. The fraction of sp³-hybridized carbons (Fsp3) is 0.611. The number of rotatable bonds is 5. The van der Waals surface area contributed by atoms with Crippen molar-refractivity contribution in [2.75, 3.05) is 32.2 Å². The van der Waals surface area contributed by atoms with Gasteiger partial charge in [-0.2, -0.15) is 11.8 Å². The Bertz CT molecular complexity index is 735. The van der Waals surface area contributed by atoms with Crippen molar-refractivity contribution in [3.8, 4) is 0 Å². The van der Waals surface area contributed by atoms with Gasteiger partial charge < -0.3 is 19.5 Å². The minimum absolute atomic E-state index is 0.0259. The molecule has 8 heteroatoms. The highest BCUT2D eigenvalue weighted by atomic mass is 32.2. The first-order chi connectivity index (χ1) is 12.5. The lowest BCUT2D eigenvalue weighted by Crippen LogP contribution is -2.54. The van der Waals surface area contributed by atoms with E-state index in [-0.39, 0.29) is 23.4 Å². The predicted molar refractivity (Wildman–Crippen MR) is 100 cm³/mol. The van der Waals surface area contributed by atoms with Crippen molar-refractivity contribution in [3.05, 3.63) is 34.2 Å². The molecule has 1 fully saturated rings. The summed E-state index contributed by atoms with van der Waals surface area (Å²) in [6.45, 7) is 1.80. The normalized spacial score (nSPS) is 22.3. The topological polar surface area (TPSA) is 80.6 Å². The molecule has 1 aromatic heterocycles. The van der Waals surface area contributed by atoms with Crippen LogP contribution in [0.25, 0.3) is 0 Å². The van der Waals surface area contributed by atoms with E-state index >= 15 is 0 Å². The van der Waals surface area contributed by atoms with Gasteiger partial charge in [-0.1, -0.05) is 6.07 Å². The number of urea groups is 1. The van der Waals surface area contributed by atoms with Gasteiger partial charge in [-0.3, -0.25) is 4.79 Å². The number of methoxy groups -OCH3 is 1. The van der Waals surface area contributed by atoms with Crippen molar-refractivity contribution in [1.82, 2.24) is 14.8 Å². The molecule has 0 unspecified atom stereocenters. The number of carbonyl (C=O) groups excluding carboxylic acids is 2. The number of hydrogen-bond acceptors (Lipinski definition) is 5. The van der Waals surface area contributed by atoms with E-state index in [0.717, 1.165) is 17.9 Å². The molecule has 3 heterocycles. The van der Waals surface area contributed by atoms with Crippen LogP contribution in [0.1, 0.15) is 24.5 Å². The second kappa shape index (κ2) is 8.16. The number of carbonyl (C=O) groups is 2. The maximum Gasteiger partial charge on any atom is 0.328 e. The van der Waals surface area contributed by atoms with E-state index in [1.165, 1.54) is 7.11 Å². The monoisotopic (exact) mass is 379 g/mol. The van der Waals surface area contributed by atoms with Crippen molar-refractivity contribution in [1.29, 1.82) is 0 Å². The molecular formula is C18H25N3O4S. The maximum absolute atomic E-state index is 12.7. The van der Waals surface area contributed by atoms with Gasteiger partial charge >= 0.3 is 12.0 Å². The number of nitrogens with one attached hydrogen (secondary N) is 1. The molecular weight excluding hydrogens is 354 g/mol. The lowest BCUT2D eigenvalue weighted by atomic mass is 9.83. The predicted octanol–water partition coefficient (Wildman–Crippen LogP) is 1.27. The molecule has 1 saturated heterocycles. The van der Waals surface area contributed by atoms with Crippen LogP contribution < -0.4 is 10.9 Å². The SMILES string of the molecule is COC(=O)[C@H](CCSC)NC(=O)N1C[C@H]2C[C@H](C1)c1cccc(=O)n1C2. The average Bonchev–Trinajstić information content (AvgIpc) is 2.65. The highest BCUT2D eigenvalue weighted by molar-refractivity contribution is 7.98. The number of aromatic nitrogens is 1. The van der Waals surface area contributed by atoms with Crippen LogP contribution in [0.15, 0.2) is 23.0 Å². The zero-order valence-corrected chi connectivity index (χ0v) is 16.0. The molecule has 1 N–H and O–H groups in total. The Hall–Kier alpha value is -1.96. The van der Waals surface area contributed by atoms with Crippen LogP contribution in [0.5, 0.6) is 0 Å². The summed E-state index contributed by atoms with van der Waals surface area (Å²) in [5.74, 6) is 0.767. The number of esters is 1. The van der Waals surface area contributed by atoms with Crippen molar-refractivity contribution < 1.29 is 14.3 Å². The molecule has 0 aliphatic carbocycles. The van der Waals surface area contributed by atoms with Gasteiger partial charge in [0, 0.05) is 37.3 Å². The molecule has 7 nitrogen and oxygen atoms in total. The van der Waals surface area contributed by atoms with Crippen LogP contribution in [-0.4, -0.2) is 59.7 Å². The Labute approximate surface area is 157 Å². The zero-order valence-electron chi connectivity index (χ0n) is 15.1. The second-order valence-corrected chi connectivity index (χ2v) is 7.90. The molecule has 0 spiro atoms. The highest BCUT2D eigenvalue weighted by Crippen LogP contribution is 2.34. The fourth-order valence-electron chi connectivity index (χ4n) is 3.93. The van der Waals surface area contributed by atoms with Gasteiger partial charge in [0.25, 0.3) is 5.56 Å². The van der Waals surface area contributed by atoms with Crippen LogP contribution in [0.2, 0.25) is 0 Å². The van der Waals surface area contributed by atoms with Gasteiger partial charge in [0.05, 0.1) is 7.11 Å². The standard InChI is InChI=1S/C18H25N3O4S/c1-25-17(23)14(6-7-26-2)19-18(24)20-9-12-8-13(11-20)15-4-3-5-16(22)21(15)10-12/h3-5,12-14H,6-11H2,1-2H3,(H,19,24)/t12-,13-,14+/m1/s1. The van der Waals surface area contributed by atoms with Crippen LogP contribution in [-0.2, 0) is 16.1 Å². The largest absolute Gasteiger partial charge is 0.467 e. The summed E-state index contributed by atoms with van der Waals surface area (Å²) < 4.78 is 6.65. The zero-order chi connectivity index (χ0) is 18.7. The first-order valence-corrected chi connectivity index (χ1v) is 10.2. The number of thioether (sulfide) groups is 1. The van der Waals surface area contributed by atoms with Crippen molar-refractivity contribution in [3.63, 3.8) is 0 Å². The van der Waals surface area contributed by atoms with E-state index in [1.807, 2.05) is 16.9 Å². The number of fused-ring (bicyclic) bond motifs is 4. The highest BCUT2D eigenvalue weighted by Gasteiger charge is 2.37. The molecule has 0 radical (unpaired) electrons. The van der Waals surface area contributed by atoms with E-state index in [2.05, 4.69) is 5.32 Å². The molecule has 1 aromatic rings. The third kappa shape index (κ3) is 3.90. The van der Waals surface area contributed by atoms with Gasteiger partial charge in [-0.05, 0) is 36.8 Å². The molecule has 2 aliphatic rings. The van der Waals surface area contributed by atoms with Gasteiger partial charge in [0.15, 0.2) is 0 Å². The number of ether oxygens (including phenoxy) is 1. The molecule has 3 atom stereocenters. The summed E-state index contributed by atoms with van der Waals surface area (Å²) in [7, 11) is 1.33. The van der Waals surface area contributed by atoms with E-state index in [0.29, 0.717) is 26.1 Å². The molecule has 0 saturated carbocycles. The summed E-state index contributed by atoms with van der Waals surface area (Å²) >= 11 is 1.62. The molecule has 142 valence electrons. The number of pyridine rings is 1. The molecule has 2 amide bonds. The molecule has 2 aliphatic heterocycles. The Kier molecular flexibility index (Phi) is 5.90. The first kappa shape index (κ1) is 18.8.